The monoisotopic (exact) mass is 341 g/mol. The van der Waals surface area contributed by atoms with Gasteiger partial charge in [-0.1, -0.05) is 11.6 Å². The molecule has 0 aliphatic carbocycles. The molecule has 0 bridgehead atoms. The number of aryl methyl sites for hydroxylation is 2. The predicted octanol–water partition coefficient (Wildman–Crippen LogP) is 3.90. The van der Waals surface area contributed by atoms with E-state index in [1.165, 1.54) is 6.20 Å². The Kier molecular flexibility index (Phi) is 4.36. The van der Waals surface area contributed by atoms with Crippen molar-refractivity contribution in [3.05, 3.63) is 69.4 Å². The van der Waals surface area contributed by atoms with Crippen LogP contribution in [0.4, 0.5) is 0 Å². The van der Waals surface area contributed by atoms with E-state index in [0.717, 1.165) is 22.5 Å². The van der Waals surface area contributed by atoms with Gasteiger partial charge in [0.05, 0.1) is 17.6 Å². The van der Waals surface area contributed by atoms with Crippen LogP contribution in [0.2, 0.25) is 5.02 Å². The zero-order valence-electron chi connectivity index (χ0n) is 13.6. The van der Waals surface area contributed by atoms with E-state index < -0.39 is 0 Å². The second kappa shape index (κ2) is 6.45. The molecule has 0 saturated carbocycles. The SMILES string of the molecule is Cc1cc(Oc2ncccc2Cl)ccc1-c1c(C)ncc(=O)n1C. The summed E-state index contributed by atoms with van der Waals surface area (Å²) in [5.41, 5.74) is 3.34. The molecule has 0 N–H and O–H groups in total. The molecule has 5 nitrogen and oxygen atoms in total. The number of aromatic nitrogens is 3. The minimum Gasteiger partial charge on any atom is -0.438 e. The molecule has 0 spiro atoms. The van der Waals surface area contributed by atoms with Crippen molar-refractivity contribution in [1.82, 2.24) is 14.5 Å². The molecule has 24 heavy (non-hydrogen) atoms. The maximum absolute atomic E-state index is 11.9. The highest BCUT2D eigenvalue weighted by atomic mass is 35.5. The number of rotatable bonds is 3. The summed E-state index contributed by atoms with van der Waals surface area (Å²) in [6.45, 7) is 3.84. The lowest BCUT2D eigenvalue weighted by Gasteiger charge is -2.14. The number of pyridine rings is 1. The van der Waals surface area contributed by atoms with E-state index in [-0.39, 0.29) is 5.56 Å². The van der Waals surface area contributed by atoms with E-state index in [1.54, 1.807) is 29.9 Å². The largest absolute Gasteiger partial charge is 0.438 e. The maximum Gasteiger partial charge on any atom is 0.269 e. The van der Waals surface area contributed by atoms with Gasteiger partial charge in [-0.05, 0) is 49.7 Å². The lowest BCUT2D eigenvalue weighted by molar-refractivity contribution is 0.463. The van der Waals surface area contributed by atoms with Gasteiger partial charge in [-0.15, -0.1) is 0 Å². The minimum atomic E-state index is -0.143. The normalized spacial score (nSPS) is 10.7. The van der Waals surface area contributed by atoms with E-state index in [2.05, 4.69) is 9.97 Å². The quantitative estimate of drug-likeness (QED) is 0.725. The van der Waals surface area contributed by atoms with Crippen molar-refractivity contribution in [3.63, 3.8) is 0 Å². The van der Waals surface area contributed by atoms with Crippen molar-refractivity contribution < 1.29 is 4.74 Å². The minimum absolute atomic E-state index is 0.143. The summed E-state index contributed by atoms with van der Waals surface area (Å²) in [6, 6.07) is 9.08. The Morgan fingerprint density at radius 1 is 1.17 bits per heavy atom. The third kappa shape index (κ3) is 3.03. The van der Waals surface area contributed by atoms with Gasteiger partial charge in [0.25, 0.3) is 5.56 Å². The number of hydrogen-bond donors (Lipinski definition) is 0. The summed E-state index contributed by atoms with van der Waals surface area (Å²) in [4.78, 5) is 20.2. The van der Waals surface area contributed by atoms with Crippen LogP contribution >= 0.6 is 11.6 Å². The van der Waals surface area contributed by atoms with Crippen LogP contribution in [0.15, 0.2) is 47.5 Å². The summed E-state index contributed by atoms with van der Waals surface area (Å²) in [5, 5.41) is 0.449. The first-order valence-corrected chi connectivity index (χ1v) is 7.77. The Morgan fingerprint density at radius 3 is 2.67 bits per heavy atom. The van der Waals surface area contributed by atoms with E-state index in [9.17, 15) is 4.79 Å². The van der Waals surface area contributed by atoms with Gasteiger partial charge in [-0.2, -0.15) is 0 Å². The average molecular weight is 342 g/mol. The molecule has 0 saturated heterocycles. The average Bonchev–Trinajstić information content (AvgIpc) is 2.55. The molecular weight excluding hydrogens is 326 g/mol. The molecule has 1 aromatic carbocycles. The van der Waals surface area contributed by atoms with E-state index >= 15 is 0 Å². The number of hydrogen-bond acceptors (Lipinski definition) is 4. The van der Waals surface area contributed by atoms with Gasteiger partial charge in [0, 0.05) is 18.8 Å². The summed E-state index contributed by atoms with van der Waals surface area (Å²) in [6.07, 6.45) is 2.95. The van der Waals surface area contributed by atoms with Crippen molar-refractivity contribution in [1.29, 1.82) is 0 Å². The second-order valence-corrected chi connectivity index (χ2v) is 5.87. The molecule has 0 fully saturated rings. The summed E-state index contributed by atoms with van der Waals surface area (Å²) in [7, 11) is 1.74. The lowest BCUT2D eigenvalue weighted by atomic mass is 10.0. The highest BCUT2D eigenvalue weighted by Crippen LogP contribution is 2.31. The molecule has 0 amide bonds. The van der Waals surface area contributed by atoms with E-state index in [4.69, 9.17) is 16.3 Å². The van der Waals surface area contributed by atoms with Gasteiger partial charge in [-0.25, -0.2) is 4.98 Å². The zero-order valence-corrected chi connectivity index (χ0v) is 14.3. The zero-order chi connectivity index (χ0) is 17.3. The summed E-state index contributed by atoms with van der Waals surface area (Å²) in [5.74, 6) is 0.986. The first kappa shape index (κ1) is 16.2. The number of halogens is 1. The second-order valence-electron chi connectivity index (χ2n) is 5.46. The van der Waals surface area contributed by atoms with Crippen LogP contribution < -0.4 is 10.3 Å². The highest BCUT2D eigenvalue weighted by molar-refractivity contribution is 6.31. The molecule has 0 radical (unpaired) electrons. The smallest absolute Gasteiger partial charge is 0.269 e. The van der Waals surface area contributed by atoms with Gasteiger partial charge >= 0.3 is 0 Å². The Bertz CT molecular complexity index is 967. The summed E-state index contributed by atoms with van der Waals surface area (Å²) >= 11 is 6.07. The predicted molar refractivity (Wildman–Crippen MR) is 93.7 cm³/mol. The highest BCUT2D eigenvalue weighted by Gasteiger charge is 2.12. The van der Waals surface area contributed by atoms with E-state index in [0.29, 0.717) is 16.7 Å². The van der Waals surface area contributed by atoms with Crippen LogP contribution in [-0.4, -0.2) is 14.5 Å². The Labute approximate surface area is 144 Å². The van der Waals surface area contributed by atoms with Crippen LogP contribution in [0, 0.1) is 13.8 Å². The molecule has 0 unspecified atom stereocenters. The van der Waals surface area contributed by atoms with Gasteiger partial charge in [0.15, 0.2) is 0 Å². The third-order valence-electron chi connectivity index (χ3n) is 3.77. The first-order valence-electron chi connectivity index (χ1n) is 7.39. The van der Waals surface area contributed by atoms with Crippen LogP contribution in [-0.2, 0) is 7.05 Å². The molecule has 122 valence electrons. The van der Waals surface area contributed by atoms with Gasteiger partial charge in [-0.3, -0.25) is 9.78 Å². The lowest BCUT2D eigenvalue weighted by Crippen LogP contribution is -2.19. The fourth-order valence-electron chi connectivity index (χ4n) is 2.55. The molecule has 3 rings (SSSR count). The van der Waals surface area contributed by atoms with Gasteiger partial charge in [0.1, 0.15) is 10.8 Å². The third-order valence-corrected chi connectivity index (χ3v) is 4.06. The van der Waals surface area contributed by atoms with Crippen molar-refractivity contribution >= 4 is 11.6 Å². The fraction of sp³-hybridized carbons (Fsp3) is 0.167. The van der Waals surface area contributed by atoms with E-state index in [1.807, 2.05) is 32.0 Å². The molecule has 2 heterocycles. The first-order chi connectivity index (χ1) is 11.5. The molecule has 2 aromatic heterocycles. The molecule has 3 aromatic rings. The van der Waals surface area contributed by atoms with Crippen molar-refractivity contribution in [3.8, 4) is 22.9 Å². The molecule has 0 aliphatic heterocycles. The Hall–Kier alpha value is -2.66. The molecular formula is C18H16ClN3O2. The topological polar surface area (TPSA) is 57.0 Å². The Morgan fingerprint density at radius 2 is 1.96 bits per heavy atom. The van der Waals surface area contributed by atoms with Crippen molar-refractivity contribution in [2.45, 2.75) is 13.8 Å². The standard InChI is InChI=1S/C18H16ClN3O2/c1-11-9-13(24-18-15(19)5-4-8-20-18)6-7-14(11)17-12(2)21-10-16(23)22(17)3/h4-10H,1-3H3. The molecule has 6 heteroatoms. The van der Waals surface area contributed by atoms with Crippen LogP contribution in [0.5, 0.6) is 11.6 Å². The van der Waals surface area contributed by atoms with Crippen LogP contribution in [0.25, 0.3) is 11.3 Å². The summed E-state index contributed by atoms with van der Waals surface area (Å²) < 4.78 is 7.34. The number of nitrogens with zero attached hydrogens (tertiary/aromatic N) is 3. The van der Waals surface area contributed by atoms with Crippen LogP contribution in [0.1, 0.15) is 11.3 Å². The number of benzene rings is 1. The van der Waals surface area contributed by atoms with Gasteiger partial charge in [0.2, 0.25) is 5.88 Å². The Balaban J connectivity index is 2.01. The molecule has 0 aliphatic rings. The molecule has 0 atom stereocenters. The fourth-order valence-corrected chi connectivity index (χ4v) is 2.71. The van der Waals surface area contributed by atoms with Crippen molar-refractivity contribution in [2.75, 3.05) is 0 Å². The van der Waals surface area contributed by atoms with Crippen LogP contribution in [0.3, 0.4) is 0 Å². The van der Waals surface area contributed by atoms with Crippen molar-refractivity contribution in [2.24, 2.45) is 7.05 Å². The number of ether oxygens (including phenoxy) is 1. The maximum atomic E-state index is 11.9. The van der Waals surface area contributed by atoms with Gasteiger partial charge < -0.3 is 9.30 Å².